The van der Waals surface area contributed by atoms with Gasteiger partial charge in [0.25, 0.3) is 5.60 Å². The second-order valence-corrected chi connectivity index (χ2v) is 4.03. The van der Waals surface area contributed by atoms with Crippen molar-refractivity contribution in [1.29, 1.82) is 0 Å². The summed E-state index contributed by atoms with van der Waals surface area (Å²) in [6.07, 6.45) is 4.43. The molecule has 0 fully saturated rings. The molecule has 0 amide bonds. The second-order valence-electron chi connectivity index (χ2n) is 4.03. The highest BCUT2D eigenvalue weighted by molar-refractivity contribution is 6.02. The number of aliphatic carboxylic acids is 2. The van der Waals surface area contributed by atoms with Crippen molar-refractivity contribution in [3.63, 3.8) is 0 Å². The number of hydrogen-bond donors (Lipinski definition) is 2. The summed E-state index contributed by atoms with van der Waals surface area (Å²) in [5.41, 5.74) is -3.28. The van der Waals surface area contributed by atoms with Gasteiger partial charge in [-0.2, -0.15) is 0 Å². The first kappa shape index (κ1) is 13.5. The number of hydrogen-bond acceptors (Lipinski definition) is 3. The molecule has 0 unspecified atom stereocenters. The molecule has 0 bridgehead atoms. The number of ether oxygens (including phenoxy) is 1. The first-order valence-corrected chi connectivity index (χ1v) is 4.26. The van der Waals surface area contributed by atoms with Crippen LogP contribution < -0.4 is 0 Å². The molecule has 0 atom stereocenters. The van der Waals surface area contributed by atoms with Gasteiger partial charge in [0.2, 0.25) is 0 Å². The van der Waals surface area contributed by atoms with Gasteiger partial charge >= 0.3 is 11.9 Å². The van der Waals surface area contributed by atoms with Crippen molar-refractivity contribution in [2.24, 2.45) is 0 Å². The van der Waals surface area contributed by atoms with Crippen LogP contribution >= 0.6 is 0 Å². The molecule has 0 saturated heterocycles. The molecule has 84 valence electrons. The second kappa shape index (κ2) is 4.32. The Hall–Kier alpha value is -1.54. The Labute approximate surface area is 88.0 Å². The molecule has 0 aliphatic rings. The minimum Gasteiger partial charge on any atom is -0.479 e. The van der Waals surface area contributed by atoms with Crippen molar-refractivity contribution in [3.8, 4) is 12.3 Å². The van der Waals surface area contributed by atoms with Crippen LogP contribution in [0.25, 0.3) is 0 Å². The van der Waals surface area contributed by atoms with Crippen LogP contribution in [-0.2, 0) is 14.3 Å². The normalized spacial score (nSPS) is 11.9. The Bertz CT molecular complexity index is 291. The standard InChI is InChI=1S/C10H14O5/c1-5-6-10(7(11)12,8(13)14)15-9(2,3)4/h1H,6H2,2-4H3,(H,11,12)(H,13,14). The molecule has 0 spiro atoms. The van der Waals surface area contributed by atoms with Crippen LogP contribution in [0.1, 0.15) is 27.2 Å². The van der Waals surface area contributed by atoms with E-state index in [0.29, 0.717) is 0 Å². The molecule has 5 nitrogen and oxygen atoms in total. The molecule has 2 N–H and O–H groups in total. The summed E-state index contributed by atoms with van der Waals surface area (Å²) in [5.74, 6) is -1.18. The molecule has 0 radical (unpaired) electrons. The molecule has 0 aromatic carbocycles. The topological polar surface area (TPSA) is 83.8 Å². The molecule has 0 saturated carbocycles. The van der Waals surface area contributed by atoms with Gasteiger partial charge in [-0.3, -0.25) is 0 Å². The Morgan fingerprint density at radius 3 is 1.87 bits per heavy atom. The number of carboxylic acids is 2. The Kier molecular flexibility index (Phi) is 3.88. The fourth-order valence-electron chi connectivity index (χ4n) is 1.03. The zero-order valence-electron chi connectivity index (χ0n) is 8.90. The summed E-state index contributed by atoms with van der Waals surface area (Å²) in [6, 6.07) is 0. The minimum atomic E-state index is -2.37. The van der Waals surface area contributed by atoms with Gasteiger partial charge in [0.1, 0.15) is 0 Å². The molecule has 0 rings (SSSR count). The lowest BCUT2D eigenvalue weighted by molar-refractivity contribution is -0.198. The van der Waals surface area contributed by atoms with Crippen LogP contribution in [0.5, 0.6) is 0 Å². The van der Waals surface area contributed by atoms with E-state index in [-0.39, 0.29) is 0 Å². The zero-order valence-corrected chi connectivity index (χ0v) is 8.90. The van der Waals surface area contributed by atoms with E-state index in [4.69, 9.17) is 21.4 Å². The van der Waals surface area contributed by atoms with Gasteiger partial charge in [0.15, 0.2) is 0 Å². The molecule has 0 aromatic rings. The van der Waals surface area contributed by atoms with E-state index < -0.39 is 29.6 Å². The van der Waals surface area contributed by atoms with Crippen molar-refractivity contribution < 1.29 is 24.5 Å². The van der Waals surface area contributed by atoms with Crippen LogP contribution in [-0.4, -0.2) is 33.4 Å². The van der Waals surface area contributed by atoms with E-state index >= 15 is 0 Å². The van der Waals surface area contributed by atoms with Crippen LogP contribution in [0, 0.1) is 12.3 Å². The van der Waals surface area contributed by atoms with E-state index in [0.717, 1.165) is 0 Å². The van der Waals surface area contributed by atoms with Crippen LogP contribution in [0.15, 0.2) is 0 Å². The number of carbonyl (C=O) groups is 2. The quantitative estimate of drug-likeness (QED) is 0.532. The molecule has 15 heavy (non-hydrogen) atoms. The third-order valence-electron chi connectivity index (χ3n) is 1.52. The van der Waals surface area contributed by atoms with Crippen LogP contribution in [0.3, 0.4) is 0 Å². The summed E-state index contributed by atoms with van der Waals surface area (Å²) in [6.45, 7) is 4.68. The number of terminal acetylenes is 1. The maximum atomic E-state index is 10.9. The largest absolute Gasteiger partial charge is 0.479 e. The van der Waals surface area contributed by atoms with Gasteiger partial charge in [0, 0.05) is 0 Å². The van der Waals surface area contributed by atoms with Gasteiger partial charge < -0.3 is 14.9 Å². The maximum absolute atomic E-state index is 10.9. The lowest BCUT2D eigenvalue weighted by Gasteiger charge is -2.31. The molecule has 0 heterocycles. The van der Waals surface area contributed by atoms with E-state index in [1.807, 2.05) is 5.92 Å². The number of rotatable bonds is 4. The summed E-state index contributed by atoms with van der Waals surface area (Å²) in [5, 5.41) is 17.8. The summed E-state index contributed by atoms with van der Waals surface area (Å²) < 4.78 is 5.05. The van der Waals surface area contributed by atoms with Gasteiger partial charge in [0.05, 0.1) is 12.0 Å². The van der Waals surface area contributed by atoms with Crippen molar-refractivity contribution in [3.05, 3.63) is 0 Å². The van der Waals surface area contributed by atoms with Crippen molar-refractivity contribution >= 4 is 11.9 Å². The highest BCUT2D eigenvalue weighted by Gasteiger charge is 2.50. The van der Waals surface area contributed by atoms with Gasteiger partial charge in [-0.15, -0.1) is 12.3 Å². The Morgan fingerprint density at radius 1 is 1.27 bits per heavy atom. The van der Waals surface area contributed by atoms with E-state index in [2.05, 4.69) is 0 Å². The molecule has 0 aliphatic heterocycles. The third-order valence-corrected chi connectivity index (χ3v) is 1.52. The smallest absolute Gasteiger partial charge is 0.348 e. The molecular formula is C10H14O5. The molecule has 5 heteroatoms. The first-order valence-electron chi connectivity index (χ1n) is 4.26. The van der Waals surface area contributed by atoms with E-state index in [1.54, 1.807) is 20.8 Å². The predicted octanol–water partition coefficient (Wildman–Crippen LogP) is 0.733. The van der Waals surface area contributed by atoms with Gasteiger partial charge in [-0.05, 0) is 20.8 Å². The highest BCUT2D eigenvalue weighted by atomic mass is 16.6. The van der Waals surface area contributed by atoms with Crippen LogP contribution in [0.4, 0.5) is 0 Å². The fraction of sp³-hybridized carbons (Fsp3) is 0.600. The van der Waals surface area contributed by atoms with Crippen LogP contribution in [0.2, 0.25) is 0 Å². The molecule has 0 aromatic heterocycles. The average Bonchev–Trinajstić information content (AvgIpc) is 1.99. The Balaban J connectivity index is 5.26. The van der Waals surface area contributed by atoms with Gasteiger partial charge in [-0.1, -0.05) is 0 Å². The van der Waals surface area contributed by atoms with Crippen molar-refractivity contribution in [2.75, 3.05) is 0 Å². The minimum absolute atomic E-state index is 0.519. The highest BCUT2D eigenvalue weighted by Crippen LogP contribution is 2.24. The fourth-order valence-corrected chi connectivity index (χ4v) is 1.03. The lowest BCUT2D eigenvalue weighted by Crippen LogP contribution is -2.52. The SMILES string of the molecule is C#CCC(OC(C)(C)C)(C(=O)O)C(=O)O. The zero-order chi connectivity index (χ0) is 12.3. The summed E-state index contributed by atoms with van der Waals surface area (Å²) >= 11 is 0. The van der Waals surface area contributed by atoms with E-state index in [1.165, 1.54) is 0 Å². The molecule has 0 aliphatic carbocycles. The summed E-state index contributed by atoms with van der Waals surface area (Å²) in [4.78, 5) is 21.9. The lowest BCUT2D eigenvalue weighted by atomic mass is 9.98. The Morgan fingerprint density at radius 2 is 1.67 bits per heavy atom. The third kappa shape index (κ3) is 3.26. The number of carboxylic acid groups (broad SMARTS) is 2. The van der Waals surface area contributed by atoms with Crippen molar-refractivity contribution in [2.45, 2.75) is 38.4 Å². The summed E-state index contributed by atoms with van der Waals surface area (Å²) in [7, 11) is 0. The first-order chi connectivity index (χ1) is 6.65. The van der Waals surface area contributed by atoms with Crippen molar-refractivity contribution in [1.82, 2.24) is 0 Å². The average molecular weight is 214 g/mol. The monoisotopic (exact) mass is 214 g/mol. The molecular weight excluding hydrogens is 200 g/mol. The van der Waals surface area contributed by atoms with Gasteiger partial charge in [-0.25, -0.2) is 9.59 Å². The maximum Gasteiger partial charge on any atom is 0.348 e. The van der Waals surface area contributed by atoms with E-state index in [9.17, 15) is 9.59 Å². The predicted molar refractivity (Wildman–Crippen MR) is 52.3 cm³/mol.